The van der Waals surface area contributed by atoms with Crippen LogP contribution in [0.4, 0.5) is 0 Å². The first-order valence-corrected chi connectivity index (χ1v) is 9.29. The van der Waals surface area contributed by atoms with Crippen LogP contribution in [0.15, 0.2) is 0 Å². The third-order valence-electron chi connectivity index (χ3n) is 6.66. The monoisotopic (exact) mass is 278 g/mol. The maximum Gasteiger partial charge on any atom is 0.0141 e. The van der Waals surface area contributed by atoms with E-state index in [9.17, 15) is 0 Å². The van der Waals surface area contributed by atoms with Gasteiger partial charge in [-0.25, -0.2) is 0 Å². The molecule has 3 fully saturated rings. The summed E-state index contributed by atoms with van der Waals surface area (Å²) in [5, 5.41) is 0. The molecule has 2 aliphatic carbocycles. The number of nitrogens with zero attached hydrogens (tertiary/aromatic N) is 1. The summed E-state index contributed by atoms with van der Waals surface area (Å²) >= 11 is 0. The van der Waals surface area contributed by atoms with E-state index in [-0.39, 0.29) is 0 Å². The van der Waals surface area contributed by atoms with Crippen LogP contribution in [0.5, 0.6) is 0 Å². The van der Waals surface area contributed by atoms with E-state index in [1.807, 2.05) is 0 Å². The van der Waals surface area contributed by atoms with Crippen LogP contribution >= 0.6 is 0 Å². The Morgan fingerprint density at radius 3 is 2.55 bits per heavy atom. The highest BCUT2D eigenvalue weighted by molar-refractivity contribution is 4.95. The van der Waals surface area contributed by atoms with Crippen LogP contribution < -0.4 is 5.73 Å². The Morgan fingerprint density at radius 2 is 1.75 bits per heavy atom. The van der Waals surface area contributed by atoms with E-state index in [2.05, 4.69) is 11.8 Å². The first-order valence-electron chi connectivity index (χ1n) is 9.29. The third kappa shape index (κ3) is 2.92. The fourth-order valence-corrected chi connectivity index (χ4v) is 5.42. The zero-order valence-electron chi connectivity index (χ0n) is 13.4. The minimum atomic E-state index is 0.776. The van der Waals surface area contributed by atoms with E-state index in [0.29, 0.717) is 0 Å². The normalized spacial score (nSPS) is 43.2. The maximum atomic E-state index is 6.13. The first kappa shape index (κ1) is 14.8. The summed E-state index contributed by atoms with van der Waals surface area (Å²) in [6.07, 6.45) is 14.5. The van der Waals surface area contributed by atoms with Crippen molar-refractivity contribution in [2.24, 2.45) is 23.5 Å². The van der Waals surface area contributed by atoms with E-state index in [1.54, 1.807) is 0 Å². The molecule has 3 rings (SSSR count). The second kappa shape index (κ2) is 6.79. The van der Waals surface area contributed by atoms with Gasteiger partial charge in [0.05, 0.1) is 0 Å². The lowest BCUT2D eigenvalue weighted by atomic mass is 9.72. The molecule has 0 radical (unpaired) electrons. The van der Waals surface area contributed by atoms with Crippen molar-refractivity contribution in [1.29, 1.82) is 0 Å². The Hall–Kier alpha value is -0.0800. The Balaban J connectivity index is 1.73. The molecule has 5 unspecified atom stereocenters. The van der Waals surface area contributed by atoms with E-state index in [4.69, 9.17) is 5.73 Å². The molecule has 1 saturated heterocycles. The minimum Gasteiger partial charge on any atom is -0.330 e. The highest BCUT2D eigenvalue weighted by Gasteiger charge is 2.40. The highest BCUT2D eigenvalue weighted by Crippen LogP contribution is 2.41. The molecule has 1 heterocycles. The van der Waals surface area contributed by atoms with Crippen LogP contribution in [0.2, 0.25) is 0 Å². The molecule has 1 aliphatic heterocycles. The van der Waals surface area contributed by atoms with Crippen LogP contribution in [0, 0.1) is 17.8 Å². The molecule has 0 aromatic heterocycles. The van der Waals surface area contributed by atoms with Gasteiger partial charge < -0.3 is 5.73 Å². The zero-order chi connectivity index (χ0) is 13.9. The average Bonchev–Trinajstić information content (AvgIpc) is 2.53. The number of rotatable bonds is 3. The summed E-state index contributed by atoms with van der Waals surface area (Å²) in [5.41, 5.74) is 6.13. The standard InChI is InChI=1S/C18H34N2/c1-2-14-9-10-16(13-19)18(12-14)20-11-5-7-15-6-3-4-8-17(15)20/h14-18H,2-13,19H2,1H3. The third-order valence-corrected chi connectivity index (χ3v) is 6.66. The van der Waals surface area contributed by atoms with Gasteiger partial charge in [0.2, 0.25) is 0 Å². The number of nitrogens with two attached hydrogens (primary N) is 1. The van der Waals surface area contributed by atoms with Gasteiger partial charge in [-0.2, -0.15) is 0 Å². The van der Waals surface area contributed by atoms with Crippen LogP contribution in [-0.4, -0.2) is 30.1 Å². The Morgan fingerprint density at radius 1 is 0.950 bits per heavy atom. The quantitative estimate of drug-likeness (QED) is 0.851. The van der Waals surface area contributed by atoms with Gasteiger partial charge >= 0.3 is 0 Å². The lowest BCUT2D eigenvalue weighted by molar-refractivity contribution is -0.0175. The second-order valence-electron chi connectivity index (χ2n) is 7.64. The number of hydrogen-bond donors (Lipinski definition) is 1. The van der Waals surface area contributed by atoms with Crippen molar-refractivity contribution in [2.75, 3.05) is 13.1 Å². The van der Waals surface area contributed by atoms with Gasteiger partial charge in [-0.1, -0.05) is 32.6 Å². The van der Waals surface area contributed by atoms with Crippen LogP contribution in [-0.2, 0) is 0 Å². The molecule has 2 N–H and O–H groups in total. The fraction of sp³-hybridized carbons (Fsp3) is 1.00. The molecule has 0 amide bonds. The lowest BCUT2D eigenvalue weighted by Crippen LogP contribution is -2.56. The van der Waals surface area contributed by atoms with Gasteiger partial charge in [0.15, 0.2) is 0 Å². The summed E-state index contributed by atoms with van der Waals surface area (Å²) in [7, 11) is 0. The molecule has 2 saturated carbocycles. The molecule has 116 valence electrons. The van der Waals surface area contributed by atoms with E-state index in [0.717, 1.165) is 36.4 Å². The Bertz CT molecular complexity index is 302. The second-order valence-corrected chi connectivity index (χ2v) is 7.64. The maximum absolute atomic E-state index is 6.13. The summed E-state index contributed by atoms with van der Waals surface area (Å²) in [6, 6.07) is 1.72. The van der Waals surface area contributed by atoms with Gasteiger partial charge in [0, 0.05) is 12.1 Å². The van der Waals surface area contributed by atoms with Crippen molar-refractivity contribution >= 4 is 0 Å². The van der Waals surface area contributed by atoms with Gasteiger partial charge in [-0.05, 0) is 69.4 Å². The molecule has 5 atom stereocenters. The van der Waals surface area contributed by atoms with Crippen molar-refractivity contribution in [3.05, 3.63) is 0 Å². The van der Waals surface area contributed by atoms with Crippen molar-refractivity contribution in [3.63, 3.8) is 0 Å². The molecular weight excluding hydrogens is 244 g/mol. The van der Waals surface area contributed by atoms with Gasteiger partial charge in [0.25, 0.3) is 0 Å². The number of piperidine rings is 1. The highest BCUT2D eigenvalue weighted by atomic mass is 15.2. The largest absolute Gasteiger partial charge is 0.330 e. The molecule has 0 spiro atoms. The smallest absolute Gasteiger partial charge is 0.0141 e. The number of fused-ring (bicyclic) bond motifs is 1. The number of likely N-dealkylation sites (tertiary alicyclic amines) is 1. The van der Waals surface area contributed by atoms with Crippen LogP contribution in [0.25, 0.3) is 0 Å². The SMILES string of the molecule is CCC1CCC(CN)C(N2CCCC3CCCCC32)C1. The summed E-state index contributed by atoms with van der Waals surface area (Å²) in [6.45, 7) is 4.65. The molecule has 3 aliphatic rings. The summed E-state index contributed by atoms with van der Waals surface area (Å²) in [5.74, 6) is 2.75. The Labute approximate surface area is 125 Å². The van der Waals surface area contributed by atoms with Gasteiger partial charge in [-0.3, -0.25) is 4.90 Å². The molecular formula is C18H34N2. The topological polar surface area (TPSA) is 29.3 Å². The lowest BCUT2D eigenvalue weighted by Gasteiger charge is -2.51. The summed E-state index contributed by atoms with van der Waals surface area (Å²) in [4.78, 5) is 2.95. The molecule has 0 bridgehead atoms. The van der Waals surface area contributed by atoms with E-state index >= 15 is 0 Å². The van der Waals surface area contributed by atoms with Gasteiger partial charge in [0.1, 0.15) is 0 Å². The fourth-order valence-electron chi connectivity index (χ4n) is 5.42. The van der Waals surface area contributed by atoms with E-state index < -0.39 is 0 Å². The van der Waals surface area contributed by atoms with Crippen molar-refractivity contribution < 1.29 is 0 Å². The predicted molar refractivity (Wildman–Crippen MR) is 85.7 cm³/mol. The average molecular weight is 278 g/mol. The van der Waals surface area contributed by atoms with Crippen molar-refractivity contribution in [1.82, 2.24) is 4.90 Å². The van der Waals surface area contributed by atoms with Crippen LogP contribution in [0.3, 0.4) is 0 Å². The van der Waals surface area contributed by atoms with Crippen molar-refractivity contribution in [3.8, 4) is 0 Å². The molecule has 0 aromatic carbocycles. The molecule has 20 heavy (non-hydrogen) atoms. The molecule has 2 nitrogen and oxygen atoms in total. The van der Waals surface area contributed by atoms with E-state index in [1.165, 1.54) is 70.8 Å². The predicted octanol–water partition coefficient (Wildman–Crippen LogP) is 3.79. The first-order chi connectivity index (χ1) is 9.83. The zero-order valence-corrected chi connectivity index (χ0v) is 13.4. The molecule has 2 heteroatoms. The van der Waals surface area contributed by atoms with Gasteiger partial charge in [-0.15, -0.1) is 0 Å². The van der Waals surface area contributed by atoms with Crippen LogP contribution in [0.1, 0.15) is 71.1 Å². The minimum absolute atomic E-state index is 0.776. The Kier molecular flexibility index (Phi) is 5.04. The number of hydrogen-bond acceptors (Lipinski definition) is 2. The van der Waals surface area contributed by atoms with Crippen molar-refractivity contribution in [2.45, 2.75) is 83.2 Å². The summed E-state index contributed by atoms with van der Waals surface area (Å²) < 4.78 is 0. The molecule has 0 aromatic rings.